The summed E-state index contributed by atoms with van der Waals surface area (Å²) >= 11 is 0. The Morgan fingerprint density at radius 3 is 2.71 bits per heavy atom. The van der Waals surface area contributed by atoms with E-state index in [1.54, 1.807) is 14.1 Å². The van der Waals surface area contributed by atoms with Crippen molar-refractivity contribution in [3.8, 4) is 0 Å². The molecule has 0 saturated carbocycles. The standard InChI is InChI=1S/C25H34N4O2/c1-18-9-11-20(12-10-18)23-22(8-5-15-31-23)17-29-25(27-3)28-14-13-19-6-4-7-21(16-19)24(30)26-2/h4,6-7,9-12,16,22-23H,5,8,13-15,17H2,1-3H3,(H,26,30)(H2,27,28,29). The molecule has 6 nitrogen and oxygen atoms in total. The van der Waals surface area contributed by atoms with Crippen LogP contribution in [-0.2, 0) is 11.2 Å². The van der Waals surface area contributed by atoms with Gasteiger partial charge < -0.3 is 20.7 Å². The normalized spacial score (nSPS) is 19.0. The van der Waals surface area contributed by atoms with Gasteiger partial charge >= 0.3 is 0 Å². The van der Waals surface area contributed by atoms with E-state index >= 15 is 0 Å². The van der Waals surface area contributed by atoms with Gasteiger partial charge in [0.25, 0.3) is 5.91 Å². The first kappa shape index (κ1) is 22.8. The smallest absolute Gasteiger partial charge is 0.251 e. The third kappa shape index (κ3) is 6.56. The van der Waals surface area contributed by atoms with Gasteiger partial charge in [0, 0.05) is 45.3 Å². The van der Waals surface area contributed by atoms with Crippen LogP contribution in [0.5, 0.6) is 0 Å². The van der Waals surface area contributed by atoms with Crippen molar-refractivity contribution in [2.45, 2.75) is 32.3 Å². The minimum absolute atomic E-state index is 0.0647. The fraction of sp³-hybridized carbons (Fsp3) is 0.440. The zero-order chi connectivity index (χ0) is 22.1. The summed E-state index contributed by atoms with van der Waals surface area (Å²) < 4.78 is 6.13. The van der Waals surface area contributed by atoms with Crippen LogP contribution < -0.4 is 16.0 Å². The van der Waals surface area contributed by atoms with E-state index in [1.807, 2.05) is 24.3 Å². The van der Waals surface area contributed by atoms with Gasteiger partial charge in [-0.05, 0) is 49.4 Å². The highest BCUT2D eigenvalue weighted by atomic mass is 16.5. The summed E-state index contributed by atoms with van der Waals surface area (Å²) in [4.78, 5) is 16.2. The van der Waals surface area contributed by atoms with Crippen molar-refractivity contribution in [2.75, 3.05) is 33.8 Å². The van der Waals surface area contributed by atoms with Crippen molar-refractivity contribution in [1.82, 2.24) is 16.0 Å². The lowest BCUT2D eigenvalue weighted by molar-refractivity contribution is -0.0265. The molecule has 2 atom stereocenters. The second kappa shape index (κ2) is 11.5. The molecule has 2 unspecified atom stereocenters. The maximum atomic E-state index is 11.8. The highest BCUT2D eigenvalue weighted by Crippen LogP contribution is 2.33. The predicted molar refractivity (Wildman–Crippen MR) is 125 cm³/mol. The number of guanidine groups is 1. The summed E-state index contributed by atoms with van der Waals surface area (Å²) in [7, 11) is 3.43. The van der Waals surface area contributed by atoms with Crippen LogP contribution in [0.2, 0.25) is 0 Å². The number of nitrogens with zero attached hydrogens (tertiary/aromatic N) is 1. The van der Waals surface area contributed by atoms with Crippen molar-refractivity contribution in [1.29, 1.82) is 0 Å². The number of carbonyl (C=O) groups excluding carboxylic acids is 1. The van der Waals surface area contributed by atoms with E-state index in [9.17, 15) is 4.79 Å². The van der Waals surface area contributed by atoms with Crippen LogP contribution in [0.3, 0.4) is 0 Å². The molecule has 166 valence electrons. The van der Waals surface area contributed by atoms with Crippen molar-refractivity contribution >= 4 is 11.9 Å². The summed E-state index contributed by atoms with van der Waals surface area (Å²) in [6.45, 7) is 4.47. The number of amides is 1. The maximum absolute atomic E-state index is 11.8. The quantitative estimate of drug-likeness (QED) is 0.473. The second-order valence-electron chi connectivity index (χ2n) is 8.01. The monoisotopic (exact) mass is 422 g/mol. The van der Waals surface area contributed by atoms with Gasteiger partial charge in [0.05, 0.1) is 6.10 Å². The van der Waals surface area contributed by atoms with Crippen LogP contribution in [0.1, 0.15) is 46.0 Å². The van der Waals surface area contributed by atoms with E-state index in [0.29, 0.717) is 11.5 Å². The molecule has 0 spiro atoms. The Morgan fingerprint density at radius 2 is 1.97 bits per heavy atom. The molecule has 0 bridgehead atoms. The molecule has 3 rings (SSSR count). The maximum Gasteiger partial charge on any atom is 0.251 e. The van der Waals surface area contributed by atoms with Gasteiger partial charge in [0.1, 0.15) is 0 Å². The Hall–Kier alpha value is -2.86. The highest BCUT2D eigenvalue weighted by Gasteiger charge is 2.27. The van der Waals surface area contributed by atoms with Crippen LogP contribution in [0.25, 0.3) is 0 Å². The summed E-state index contributed by atoms with van der Waals surface area (Å²) in [6.07, 6.45) is 3.15. The molecule has 0 aliphatic carbocycles. The fourth-order valence-corrected chi connectivity index (χ4v) is 3.96. The SMILES string of the molecule is CN=C(NCCc1cccc(C(=O)NC)c1)NCC1CCCOC1c1ccc(C)cc1. The van der Waals surface area contributed by atoms with Gasteiger partial charge in [-0.2, -0.15) is 0 Å². The Balaban J connectivity index is 1.50. The number of hydrogen-bond acceptors (Lipinski definition) is 3. The molecule has 1 fully saturated rings. The van der Waals surface area contributed by atoms with Crippen molar-refractivity contribution in [3.05, 3.63) is 70.8 Å². The summed E-state index contributed by atoms with van der Waals surface area (Å²) in [6, 6.07) is 16.4. The molecule has 1 aliphatic heterocycles. The third-order valence-electron chi connectivity index (χ3n) is 5.73. The van der Waals surface area contributed by atoms with Crippen molar-refractivity contribution in [2.24, 2.45) is 10.9 Å². The minimum Gasteiger partial charge on any atom is -0.373 e. The topological polar surface area (TPSA) is 74.8 Å². The first-order valence-electron chi connectivity index (χ1n) is 11.0. The predicted octanol–water partition coefficient (Wildman–Crippen LogP) is 3.23. The number of rotatable bonds is 7. The Bertz CT molecular complexity index is 879. The summed E-state index contributed by atoms with van der Waals surface area (Å²) in [5.41, 5.74) is 4.31. The molecule has 1 heterocycles. The van der Waals surface area contributed by atoms with E-state index in [0.717, 1.165) is 50.5 Å². The number of benzene rings is 2. The average molecular weight is 423 g/mol. The van der Waals surface area contributed by atoms with E-state index in [1.165, 1.54) is 11.1 Å². The molecule has 1 aliphatic rings. The summed E-state index contributed by atoms with van der Waals surface area (Å²) in [5.74, 6) is 1.13. The van der Waals surface area contributed by atoms with Crippen LogP contribution in [0, 0.1) is 12.8 Å². The number of ether oxygens (including phenoxy) is 1. The van der Waals surface area contributed by atoms with Gasteiger partial charge in [0.15, 0.2) is 5.96 Å². The largest absolute Gasteiger partial charge is 0.373 e. The Labute approximate surface area is 185 Å². The fourth-order valence-electron chi connectivity index (χ4n) is 3.96. The molecule has 1 amide bonds. The number of hydrogen-bond donors (Lipinski definition) is 3. The van der Waals surface area contributed by atoms with Crippen LogP contribution in [-0.4, -0.2) is 45.7 Å². The van der Waals surface area contributed by atoms with E-state index < -0.39 is 0 Å². The highest BCUT2D eigenvalue weighted by molar-refractivity contribution is 5.94. The summed E-state index contributed by atoms with van der Waals surface area (Å²) in [5, 5.41) is 9.51. The molecule has 2 aromatic carbocycles. The Kier molecular flexibility index (Phi) is 8.47. The van der Waals surface area contributed by atoms with Gasteiger partial charge in [-0.15, -0.1) is 0 Å². The van der Waals surface area contributed by atoms with Gasteiger partial charge in [-0.25, -0.2) is 0 Å². The molecule has 3 N–H and O–H groups in total. The molecule has 6 heteroatoms. The molecular formula is C25H34N4O2. The van der Waals surface area contributed by atoms with E-state index in [-0.39, 0.29) is 12.0 Å². The van der Waals surface area contributed by atoms with Crippen molar-refractivity contribution in [3.63, 3.8) is 0 Å². The second-order valence-corrected chi connectivity index (χ2v) is 8.01. The molecule has 2 aromatic rings. The van der Waals surface area contributed by atoms with Crippen LogP contribution >= 0.6 is 0 Å². The molecule has 1 saturated heterocycles. The lowest BCUT2D eigenvalue weighted by atomic mass is 9.89. The van der Waals surface area contributed by atoms with Gasteiger partial charge in [-0.3, -0.25) is 9.79 Å². The molecule has 31 heavy (non-hydrogen) atoms. The van der Waals surface area contributed by atoms with E-state index in [2.05, 4.69) is 52.1 Å². The number of carbonyl (C=O) groups is 1. The van der Waals surface area contributed by atoms with Gasteiger partial charge in [-0.1, -0.05) is 42.0 Å². The van der Waals surface area contributed by atoms with Crippen LogP contribution in [0.15, 0.2) is 53.5 Å². The molecule has 0 aromatic heterocycles. The molecular weight excluding hydrogens is 388 g/mol. The molecule has 0 radical (unpaired) electrons. The zero-order valence-electron chi connectivity index (χ0n) is 18.8. The lowest BCUT2D eigenvalue weighted by Gasteiger charge is -2.32. The average Bonchev–Trinajstić information content (AvgIpc) is 2.81. The first-order valence-corrected chi connectivity index (χ1v) is 11.0. The zero-order valence-corrected chi connectivity index (χ0v) is 18.8. The van der Waals surface area contributed by atoms with E-state index in [4.69, 9.17) is 4.74 Å². The van der Waals surface area contributed by atoms with Crippen molar-refractivity contribution < 1.29 is 9.53 Å². The van der Waals surface area contributed by atoms with Crippen LogP contribution in [0.4, 0.5) is 0 Å². The Morgan fingerprint density at radius 1 is 1.16 bits per heavy atom. The lowest BCUT2D eigenvalue weighted by Crippen LogP contribution is -2.42. The minimum atomic E-state index is -0.0647. The first-order chi connectivity index (χ1) is 15.1. The third-order valence-corrected chi connectivity index (χ3v) is 5.73. The van der Waals surface area contributed by atoms with Gasteiger partial charge in [0.2, 0.25) is 0 Å². The number of nitrogens with one attached hydrogen (secondary N) is 3. The number of aliphatic imine (C=N–C) groups is 1. The number of aryl methyl sites for hydroxylation is 1.